The molecule has 0 saturated carbocycles. The second kappa shape index (κ2) is 4.78. The highest BCUT2D eigenvalue weighted by molar-refractivity contribution is 5.32. The molecule has 0 heterocycles. The van der Waals surface area contributed by atoms with Gasteiger partial charge >= 0.3 is 0 Å². The maximum Gasteiger partial charge on any atom is 0.123 e. The Labute approximate surface area is 73.3 Å². The smallest absolute Gasteiger partial charge is 0.123 e. The Morgan fingerprint density at radius 2 is 2.42 bits per heavy atom. The predicted octanol–water partition coefficient (Wildman–Crippen LogP) is 1.73. The molecule has 1 aromatic rings. The molecule has 2 heteroatoms. The van der Waals surface area contributed by atoms with Crippen molar-refractivity contribution in [2.24, 2.45) is 5.73 Å². The highest BCUT2D eigenvalue weighted by Gasteiger charge is 1.98. The SMILES string of the molecule is CCCOc1cc[c]cc1CN. The number of hydrogen-bond acceptors (Lipinski definition) is 2. The van der Waals surface area contributed by atoms with Crippen molar-refractivity contribution in [1.82, 2.24) is 0 Å². The highest BCUT2D eigenvalue weighted by atomic mass is 16.5. The van der Waals surface area contributed by atoms with Gasteiger partial charge in [0.05, 0.1) is 6.61 Å². The van der Waals surface area contributed by atoms with Crippen LogP contribution >= 0.6 is 0 Å². The number of nitrogens with two attached hydrogens (primary N) is 1. The van der Waals surface area contributed by atoms with Crippen LogP contribution in [-0.2, 0) is 6.54 Å². The van der Waals surface area contributed by atoms with Crippen molar-refractivity contribution in [3.8, 4) is 5.75 Å². The van der Waals surface area contributed by atoms with Crippen LogP contribution in [0.1, 0.15) is 18.9 Å². The molecule has 0 atom stereocenters. The predicted molar refractivity (Wildman–Crippen MR) is 49.0 cm³/mol. The Morgan fingerprint density at radius 3 is 3.08 bits per heavy atom. The van der Waals surface area contributed by atoms with Crippen LogP contribution in [0, 0.1) is 6.07 Å². The maximum atomic E-state index is 5.52. The van der Waals surface area contributed by atoms with E-state index in [4.69, 9.17) is 10.5 Å². The fourth-order valence-corrected chi connectivity index (χ4v) is 0.963. The molecular formula is C10H14NO. The summed E-state index contributed by atoms with van der Waals surface area (Å²) in [5.74, 6) is 0.887. The number of rotatable bonds is 4. The summed E-state index contributed by atoms with van der Waals surface area (Å²) in [4.78, 5) is 0. The second-order valence-electron chi connectivity index (χ2n) is 2.59. The van der Waals surface area contributed by atoms with Crippen LogP contribution in [0.3, 0.4) is 0 Å². The van der Waals surface area contributed by atoms with Crippen molar-refractivity contribution < 1.29 is 4.74 Å². The molecule has 0 aliphatic carbocycles. The third-order valence-corrected chi connectivity index (χ3v) is 1.59. The van der Waals surface area contributed by atoms with Gasteiger partial charge in [-0.1, -0.05) is 13.0 Å². The average molecular weight is 164 g/mol. The van der Waals surface area contributed by atoms with Crippen LogP contribution in [-0.4, -0.2) is 6.61 Å². The van der Waals surface area contributed by atoms with E-state index >= 15 is 0 Å². The summed E-state index contributed by atoms with van der Waals surface area (Å²) >= 11 is 0. The highest BCUT2D eigenvalue weighted by Crippen LogP contribution is 2.16. The van der Waals surface area contributed by atoms with Gasteiger partial charge in [0.15, 0.2) is 0 Å². The zero-order chi connectivity index (χ0) is 8.81. The molecule has 2 N–H and O–H groups in total. The first-order valence-electron chi connectivity index (χ1n) is 4.20. The zero-order valence-electron chi connectivity index (χ0n) is 7.34. The summed E-state index contributed by atoms with van der Waals surface area (Å²) in [6.45, 7) is 3.34. The van der Waals surface area contributed by atoms with Gasteiger partial charge in [0.2, 0.25) is 0 Å². The molecule has 0 amide bonds. The molecule has 65 valence electrons. The van der Waals surface area contributed by atoms with Crippen molar-refractivity contribution in [1.29, 1.82) is 0 Å². The number of hydrogen-bond donors (Lipinski definition) is 1. The van der Waals surface area contributed by atoms with E-state index in [2.05, 4.69) is 13.0 Å². The van der Waals surface area contributed by atoms with Gasteiger partial charge in [-0.15, -0.1) is 0 Å². The van der Waals surface area contributed by atoms with E-state index in [0.29, 0.717) is 6.54 Å². The van der Waals surface area contributed by atoms with E-state index in [-0.39, 0.29) is 0 Å². The van der Waals surface area contributed by atoms with Gasteiger partial charge in [-0.3, -0.25) is 0 Å². The molecule has 0 aliphatic heterocycles. The quantitative estimate of drug-likeness (QED) is 0.735. The lowest BCUT2D eigenvalue weighted by atomic mass is 10.2. The largest absolute Gasteiger partial charge is 0.493 e. The normalized spacial score (nSPS) is 9.83. The molecule has 0 spiro atoms. The molecule has 0 aliphatic rings. The van der Waals surface area contributed by atoms with Gasteiger partial charge in [-0.05, 0) is 24.6 Å². The van der Waals surface area contributed by atoms with E-state index in [9.17, 15) is 0 Å². The van der Waals surface area contributed by atoms with Crippen LogP contribution in [0.4, 0.5) is 0 Å². The molecule has 1 rings (SSSR count). The fourth-order valence-electron chi connectivity index (χ4n) is 0.963. The molecule has 0 aromatic heterocycles. The van der Waals surface area contributed by atoms with Crippen molar-refractivity contribution in [3.05, 3.63) is 29.8 Å². The Bertz CT molecular complexity index is 235. The summed E-state index contributed by atoms with van der Waals surface area (Å²) < 4.78 is 5.48. The molecule has 2 nitrogen and oxygen atoms in total. The van der Waals surface area contributed by atoms with E-state index in [1.807, 2.05) is 18.2 Å². The maximum absolute atomic E-state index is 5.52. The minimum atomic E-state index is 0.510. The first-order chi connectivity index (χ1) is 5.88. The number of benzene rings is 1. The molecule has 0 unspecified atom stereocenters. The van der Waals surface area contributed by atoms with Gasteiger partial charge in [-0.25, -0.2) is 0 Å². The van der Waals surface area contributed by atoms with Crippen molar-refractivity contribution in [3.63, 3.8) is 0 Å². The third-order valence-electron chi connectivity index (χ3n) is 1.59. The van der Waals surface area contributed by atoms with Crippen LogP contribution < -0.4 is 10.5 Å². The second-order valence-corrected chi connectivity index (χ2v) is 2.59. The topological polar surface area (TPSA) is 35.2 Å². The first-order valence-corrected chi connectivity index (χ1v) is 4.20. The number of ether oxygens (including phenoxy) is 1. The lowest BCUT2D eigenvalue weighted by molar-refractivity contribution is 0.314. The molecular weight excluding hydrogens is 150 g/mol. The molecule has 0 fully saturated rings. The summed E-state index contributed by atoms with van der Waals surface area (Å²) in [6.07, 6.45) is 1.02. The Balaban J connectivity index is 2.68. The van der Waals surface area contributed by atoms with Crippen LogP contribution in [0.15, 0.2) is 18.2 Å². The monoisotopic (exact) mass is 164 g/mol. The van der Waals surface area contributed by atoms with Crippen molar-refractivity contribution >= 4 is 0 Å². The standard InChI is InChI=1S/C10H14NO/c1-2-7-12-10-6-4-3-5-9(10)8-11/h4-6H,2,7-8,11H2,1H3. The Morgan fingerprint density at radius 1 is 1.58 bits per heavy atom. The minimum absolute atomic E-state index is 0.510. The van der Waals surface area contributed by atoms with E-state index < -0.39 is 0 Å². The van der Waals surface area contributed by atoms with Gasteiger partial charge in [0.1, 0.15) is 5.75 Å². The van der Waals surface area contributed by atoms with E-state index in [1.165, 1.54) is 0 Å². The lowest BCUT2D eigenvalue weighted by Gasteiger charge is -2.08. The summed E-state index contributed by atoms with van der Waals surface area (Å²) in [6, 6.07) is 8.57. The van der Waals surface area contributed by atoms with Gasteiger partial charge < -0.3 is 10.5 Å². The van der Waals surface area contributed by atoms with Crippen LogP contribution in [0.5, 0.6) is 5.75 Å². The van der Waals surface area contributed by atoms with Gasteiger partial charge in [-0.2, -0.15) is 0 Å². The molecule has 12 heavy (non-hydrogen) atoms. The lowest BCUT2D eigenvalue weighted by Crippen LogP contribution is -2.02. The summed E-state index contributed by atoms with van der Waals surface area (Å²) in [5.41, 5.74) is 6.54. The van der Waals surface area contributed by atoms with Crippen LogP contribution in [0.2, 0.25) is 0 Å². The molecule has 0 saturated heterocycles. The van der Waals surface area contributed by atoms with Crippen LogP contribution in [0.25, 0.3) is 0 Å². The summed E-state index contributed by atoms with van der Waals surface area (Å²) in [7, 11) is 0. The average Bonchev–Trinajstić information content (AvgIpc) is 2.15. The molecule has 1 radical (unpaired) electrons. The minimum Gasteiger partial charge on any atom is -0.493 e. The van der Waals surface area contributed by atoms with E-state index in [1.54, 1.807) is 0 Å². The Kier molecular flexibility index (Phi) is 3.61. The molecule has 0 bridgehead atoms. The molecule has 1 aromatic carbocycles. The first kappa shape index (κ1) is 9.07. The van der Waals surface area contributed by atoms with Crippen molar-refractivity contribution in [2.45, 2.75) is 19.9 Å². The van der Waals surface area contributed by atoms with Crippen molar-refractivity contribution in [2.75, 3.05) is 6.61 Å². The third kappa shape index (κ3) is 2.24. The Hall–Kier alpha value is -1.02. The fraction of sp³-hybridized carbons (Fsp3) is 0.400. The van der Waals surface area contributed by atoms with E-state index in [0.717, 1.165) is 24.3 Å². The van der Waals surface area contributed by atoms with Gasteiger partial charge in [0.25, 0.3) is 0 Å². The summed E-state index contributed by atoms with van der Waals surface area (Å²) in [5, 5.41) is 0. The zero-order valence-corrected chi connectivity index (χ0v) is 7.34. The van der Waals surface area contributed by atoms with Gasteiger partial charge in [0, 0.05) is 12.1 Å².